The first-order valence-corrected chi connectivity index (χ1v) is 10.9. The van der Waals surface area contributed by atoms with Crippen molar-refractivity contribution in [3.8, 4) is 0 Å². The van der Waals surface area contributed by atoms with Gasteiger partial charge in [-0.2, -0.15) is 0 Å². The predicted molar refractivity (Wildman–Crippen MR) is 116 cm³/mol. The Kier molecular flexibility index (Phi) is 7.14. The van der Waals surface area contributed by atoms with E-state index in [-0.39, 0.29) is 5.82 Å². The van der Waals surface area contributed by atoms with E-state index in [1.54, 1.807) is 12.1 Å². The Morgan fingerprint density at radius 1 is 0.828 bits per heavy atom. The molecule has 0 aromatic heterocycles. The minimum Gasteiger partial charge on any atom is -0.379 e. The van der Waals surface area contributed by atoms with Crippen LogP contribution in [0, 0.1) is 5.82 Å². The molecule has 2 aromatic rings. The zero-order chi connectivity index (χ0) is 19.9. The number of hydrogen-bond donors (Lipinski definition) is 0. The molecule has 0 aliphatic carbocycles. The summed E-state index contributed by atoms with van der Waals surface area (Å²) in [6.07, 6.45) is 1.99. The zero-order valence-electron chi connectivity index (χ0n) is 17.2. The summed E-state index contributed by atoms with van der Waals surface area (Å²) >= 11 is 0. The molecule has 156 valence electrons. The van der Waals surface area contributed by atoms with Crippen LogP contribution in [-0.2, 0) is 17.7 Å². The number of nitrogens with zero attached hydrogens (tertiary/aromatic N) is 3. The topological polar surface area (TPSA) is 19.0 Å². The molecule has 2 aliphatic heterocycles. The van der Waals surface area contributed by atoms with Crippen molar-refractivity contribution in [2.24, 2.45) is 0 Å². The van der Waals surface area contributed by atoms with Crippen molar-refractivity contribution in [2.75, 3.05) is 63.9 Å². The van der Waals surface area contributed by atoms with Crippen LogP contribution in [0.15, 0.2) is 48.5 Å². The Hall–Kier alpha value is -1.95. The highest BCUT2D eigenvalue weighted by molar-refractivity contribution is 5.54. The lowest BCUT2D eigenvalue weighted by Gasteiger charge is -2.37. The number of halogens is 1. The Morgan fingerprint density at radius 3 is 2.34 bits per heavy atom. The average molecular weight is 398 g/mol. The first kappa shape index (κ1) is 20.3. The van der Waals surface area contributed by atoms with Gasteiger partial charge in [0.05, 0.1) is 13.2 Å². The van der Waals surface area contributed by atoms with Gasteiger partial charge in [-0.15, -0.1) is 0 Å². The van der Waals surface area contributed by atoms with E-state index in [2.05, 4.69) is 45.0 Å². The molecule has 4 rings (SSSR count). The Balaban J connectivity index is 1.32. The number of aryl methyl sites for hydroxylation is 1. The predicted octanol–water partition coefficient (Wildman–Crippen LogP) is 3.41. The average Bonchev–Trinajstić information content (AvgIpc) is 2.76. The van der Waals surface area contributed by atoms with Crippen molar-refractivity contribution in [2.45, 2.75) is 19.4 Å². The third-order valence-electron chi connectivity index (χ3n) is 6.03. The molecule has 0 saturated carbocycles. The van der Waals surface area contributed by atoms with Gasteiger partial charge in [0, 0.05) is 51.5 Å². The van der Waals surface area contributed by atoms with Crippen LogP contribution in [0.25, 0.3) is 0 Å². The van der Waals surface area contributed by atoms with Gasteiger partial charge in [-0.1, -0.05) is 30.3 Å². The van der Waals surface area contributed by atoms with Crippen LogP contribution in [0.5, 0.6) is 0 Å². The van der Waals surface area contributed by atoms with Crippen molar-refractivity contribution in [1.29, 1.82) is 0 Å². The molecule has 5 heteroatoms. The second kappa shape index (κ2) is 10.2. The molecule has 29 heavy (non-hydrogen) atoms. The molecule has 0 bridgehead atoms. The Labute approximate surface area is 173 Å². The van der Waals surface area contributed by atoms with Gasteiger partial charge in [-0.3, -0.25) is 9.80 Å². The highest BCUT2D eigenvalue weighted by Crippen LogP contribution is 2.25. The van der Waals surface area contributed by atoms with Gasteiger partial charge in [-0.05, 0) is 48.7 Å². The fourth-order valence-corrected chi connectivity index (χ4v) is 4.37. The van der Waals surface area contributed by atoms with E-state index in [4.69, 9.17) is 4.74 Å². The maximum absolute atomic E-state index is 13.9. The molecule has 2 aromatic carbocycles. The van der Waals surface area contributed by atoms with Crippen LogP contribution in [0.2, 0.25) is 0 Å². The molecular formula is C24H32FN3O. The Morgan fingerprint density at radius 2 is 1.59 bits per heavy atom. The minimum absolute atomic E-state index is 0.127. The Bertz CT molecular complexity index is 756. The smallest absolute Gasteiger partial charge is 0.123 e. The summed E-state index contributed by atoms with van der Waals surface area (Å²) in [6, 6.07) is 16.0. The maximum Gasteiger partial charge on any atom is 0.123 e. The van der Waals surface area contributed by atoms with E-state index >= 15 is 0 Å². The molecular weight excluding hydrogens is 365 g/mol. The molecule has 4 nitrogen and oxygen atoms in total. The molecule has 0 spiro atoms. The van der Waals surface area contributed by atoms with Crippen LogP contribution < -0.4 is 4.90 Å². The van der Waals surface area contributed by atoms with Gasteiger partial charge in [-0.25, -0.2) is 4.39 Å². The van der Waals surface area contributed by atoms with Crippen molar-refractivity contribution in [3.05, 3.63) is 65.5 Å². The van der Waals surface area contributed by atoms with E-state index in [0.29, 0.717) is 0 Å². The largest absolute Gasteiger partial charge is 0.379 e. The lowest BCUT2D eigenvalue weighted by molar-refractivity contribution is 0.0375. The van der Waals surface area contributed by atoms with E-state index in [9.17, 15) is 4.39 Å². The molecule has 0 N–H and O–H groups in total. The molecule has 0 radical (unpaired) electrons. The fraction of sp³-hybridized carbons (Fsp3) is 0.500. The number of benzene rings is 2. The van der Waals surface area contributed by atoms with Crippen molar-refractivity contribution in [1.82, 2.24) is 9.80 Å². The minimum atomic E-state index is -0.127. The van der Waals surface area contributed by atoms with Crippen LogP contribution in [0.1, 0.15) is 17.5 Å². The van der Waals surface area contributed by atoms with Crippen LogP contribution in [0.4, 0.5) is 10.1 Å². The quantitative estimate of drug-likeness (QED) is 0.713. The van der Waals surface area contributed by atoms with Gasteiger partial charge < -0.3 is 9.64 Å². The zero-order valence-corrected chi connectivity index (χ0v) is 17.2. The summed E-state index contributed by atoms with van der Waals surface area (Å²) in [6.45, 7) is 9.83. The highest BCUT2D eigenvalue weighted by Gasteiger charge is 2.20. The van der Waals surface area contributed by atoms with Crippen molar-refractivity contribution in [3.63, 3.8) is 0 Å². The standard InChI is InChI=1S/C24H32FN3O/c25-23-8-9-24(22(19-23)7-4-10-26-15-17-29-18-16-26)28-13-11-27(12-14-28)20-21-5-2-1-3-6-21/h1-3,5-6,8-9,19H,4,7,10-18,20H2. The van der Waals surface area contributed by atoms with Crippen LogP contribution in [0.3, 0.4) is 0 Å². The van der Waals surface area contributed by atoms with Gasteiger partial charge >= 0.3 is 0 Å². The van der Waals surface area contributed by atoms with Gasteiger partial charge in [0.15, 0.2) is 0 Å². The van der Waals surface area contributed by atoms with Crippen molar-refractivity contribution < 1.29 is 9.13 Å². The SMILES string of the molecule is Fc1ccc(N2CCN(Cc3ccccc3)CC2)c(CCCN2CCOCC2)c1. The van der Waals surface area contributed by atoms with Crippen molar-refractivity contribution >= 4 is 5.69 Å². The lowest BCUT2D eigenvalue weighted by atomic mass is 10.0. The highest BCUT2D eigenvalue weighted by atomic mass is 19.1. The number of piperazine rings is 1. The summed E-state index contributed by atoms with van der Waals surface area (Å²) in [4.78, 5) is 7.39. The molecule has 2 saturated heterocycles. The van der Waals surface area contributed by atoms with E-state index in [1.165, 1.54) is 11.3 Å². The van der Waals surface area contributed by atoms with E-state index in [0.717, 1.165) is 84.0 Å². The molecule has 0 unspecified atom stereocenters. The van der Waals surface area contributed by atoms with E-state index < -0.39 is 0 Å². The normalized spacial score (nSPS) is 18.9. The van der Waals surface area contributed by atoms with Gasteiger partial charge in [0.25, 0.3) is 0 Å². The van der Waals surface area contributed by atoms with Gasteiger partial charge in [0.2, 0.25) is 0 Å². The number of anilines is 1. The maximum atomic E-state index is 13.9. The summed E-state index contributed by atoms with van der Waals surface area (Å²) in [5.41, 5.74) is 3.73. The first-order valence-electron chi connectivity index (χ1n) is 10.9. The number of hydrogen-bond acceptors (Lipinski definition) is 4. The summed E-state index contributed by atoms with van der Waals surface area (Å²) in [5, 5.41) is 0. The fourth-order valence-electron chi connectivity index (χ4n) is 4.37. The molecule has 2 fully saturated rings. The molecule has 0 atom stereocenters. The lowest BCUT2D eigenvalue weighted by Crippen LogP contribution is -2.46. The molecule has 2 aliphatic rings. The summed E-state index contributed by atoms with van der Waals surface area (Å²) in [5.74, 6) is -0.127. The third-order valence-corrected chi connectivity index (χ3v) is 6.03. The monoisotopic (exact) mass is 397 g/mol. The number of morpholine rings is 1. The van der Waals surface area contributed by atoms with Crippen LogP contribution in [-0.4, -0.2) is 68.8 Å². The summed E-state index contributed by atoms with van der Waals surface area (Å²) < 4.78 is 19.4. The van der Waals surface area contributed by atoms with E-state index in [1.807, 2.05) is 6.07 Å². The second-order valence-corrected chi connectivity index (χ2v) is 8.08. The molecule has 0 amide bonds. The summed E-state index contributed by atoms with van der Waals surface area (Å²) in [7, 11) is 0. The second-order valence-electron chi connectivity index (χ2n) is 8.08. The third kappa shape index (κ3) is 5.78. The first-order chi connectivity index (χ1) is 14.3. The van der Waals surface area contributed by atoms with Gasteiger partial charge in [0.1, 0.15) is 5.82 Å². The molecule has 2 heterocycles. The number of rotatable bonds is 7. The van der Waals surface area contributed by atoms with Crippen LogP contribution >= 0.6 is 0 Å². The number of ether oxygens (including phenoxy) is 1.